The second-order valence-corrected chi connectivity index (χ2v) is 7.36. The number of methoxy groups -OCH3 is 1. The number of nitro benzene ring substituents is 2. The number of nitrogens with zero attached hydrogens (tertiary/aromatic N) is 4. The molecule has 0 saturated heterocycles. The average Bonchev–Trinajstić information content (AvgIpc) is 2.90. The number of non-ortho nitro benzene ring substituents is 1. The SMILES string of the molecule is COc1cc(/C=N/NC(=O)C(=O)Nc2ccc(CC#N)cc2)ccc1Oc1ccc([N+](=O)[O-])cc1[N+](=O)[O-]. The van der Waals surface area contributed by atoms with Crippen LogP contribution in [0.25, 0.3) is 0 Å². The minimum atomic E-state index is -1.03. The molecule has 14 nitrogen and oxygen atoms in total. The fourth-order valence-corrected chi connectivity index (χ4v) is 3.02. The van der Waals surface area contributed by atoms with Crippen molar-refractivity contribution < 1.29 is 28.9 Å². The Balaban J connectivity index is 1.66. The molecule has 0 unspecified atom stereocenters. The number of hydrogen-bond donors (Lipinski definition) is 2. The number of rotatable bonds is 9. The normalized spacial score (nSPS) is 10.3. The van der Waals surface area contributed by atoms with Crippen LogP contribution in [0.5, 0.6) is 17.2 Å². The number of nitriles is 1. The topological polar surface area (TPSA) is 199 Å². The van der Waals surface area contributed by atoms with Crippen molar-refractivity contribution in [2.24, 2.45) is 5.10 Å². The van der Waals surface area contributed by atoms with E-state index < -0.39 is 33.0 Å². The molecule has 0 saturated carbocycles. The van der Waals surface area contributed by atoms with Crippen molar-refractivity contribution in [1.29, 1.82) is 5.26 Å². The van der Waals surface area contributed by atoms with E-state index in [9.17, 15) is 29.8 Å². The number of anilines is 1. The van der Waals surface area contributed by atoms with Crippen LogP contribution in [0.15, 0.2) is 65.8 Å². The first-order chi connectivity index (χ1) is 18.2. The summed E-state index contributed by atoms with van der Waals surface area (Å²) in [6, 6.07) is 15.7. The Bertz CT molecular complexity index is 1460. The van der Waals surface area contributed by atoms with Gasteiger partial charge in [0.05, 0.1) is 41.7 Å². The van der Waals surface area contributed by atoms with Crippen LogP contribution in [-0.4, -0.2) is 35.0 Å². The fourth-order valence-electron chi connectivity index (χ4n) is 3.02. The Kier molecular flexibility index (Phi) is 8.61. The highest BCUT2D eigenvalue weighted by Crippen LogP contribution is 2.38. The van der Waals surface area contributed by atoms with Gasteiger partial charge in [-0.25, -0.2) is 5.43 Å². The van der Waals surface area contributed by atoms with Crippen molar-refractivity contribution in [1.82, 2.24) is 5.43 Å². The molecule has 0 atom stereocenters. The van der Waals surface area contributed by atoms with Crippen molar-refractivity contribution in [3.8, 4) is 23.3 Å². The Morgan fingerprint density at radius 3 is 2.32 bits per heavy atom. The lowest BCUT2D eigenvalue weighted by Gasteiger charge is -2.11. The van der Waals surface area contributed by atoms with Crippen molar-refractivity contribution in [3.05, 3.63) is 92.0 Å². The predicted molar refractivity (Wildman–Crippen MR) is 133 cm³/mol. The Labute approximate surface area is 214 Å². The van der Waals surface area contributed by atoms with Crippen LogP contribution in [0.2, 0.25) is 0 Å². The maximum Gasteiger partial charge on any atom is 0.329 e. The summed E-state index contributed by atoms with van der Waals surface area (Å²) in [5, 5.41) is 37.1. The third kappa shape index (κ3) is 6.86. The van der Waals surface area contributed by atoms with Crippen molar-refractivity contribution in [2.45, 2.75) is 6.42 Å². The third-order valence-corrected chi connectivity index (χ3v) is 4.84. The van der Waals surface area contributed by atoms with Gasteiger partial charge in [0.2, 0.25) is 5.75 Å². The molecule has 0 aliphatic rings. The van der Waals surface area contributed by atoms with Crippen LogP contribution in [0.1, 0.15) is 11.1 Å². The first kappa shape index (κ1) is 26.8. The molecule has 0 radical (unpaired) electrons. The Hall–Kier alpha value is -5.84. The van der Waals surface area contributed by atoms with Crippen LogP contribution in [-0.2, 0) is 16.0 Å². The van der Waals surface area contributed by atoms with E-state index in [2.05, 4.69) is 15.8 Å². The number of nitrogens with one attached hydrogen (secondary N) is 2. The van der Waals surface area contributed by atoms with Gasteiger partial charge in [0.25, 0.3) is 5.69 Å². The summed E-state index contributed by atoms with van der Waals surface area (Å²) < 4.78 is 10.8. The van der Waals surface area contributed by atoms with Crippen molar-refractivity contribution in [3.63, 3.8) is 0 Å². The van der Waals surface area contributed by atoms with E-state index in [4.69, 9.17) is 14.7 Å². The molecular weight excluding hydrogens is 500 g/mol. The van der Waals surface area contributed by atoms with E-state index in [0.29, 0.717) is 11.3 Å². The van der Waals surface area contributed by atoms with Gasteiger partial charge in [-0.1, -0.05) is 12.1 Å². The maximum absolute atomic E-state index is 12.0. The Morgan fingerprint density at radius 1 is 0.974 bits per heavy atom. The number of amides is 2. The number of carbonyl (C=O) groups excluding carboxylic acids is 2. The largest absolute Gasteiger partial charge is 0.493 e. The van der Waals surface area contributed by atoms with Crippen molar-refractivity contribution in [2.75, 3.05) is 12.4 Å². The molecular formula is C24H18N6O8. The summed E-state index contributed by atoms with van der Waals surface area (Å²) in [6.45, 7) is 0. The predicted octanol–water partition coefficient (Wildman–Crippen LogP) is 3.46. The van der Waals surface area contributed by atoms with E-state index in [1.807, 2.05) is 6.07 Å². The summed E-state index contributed by atoms with van der Waals surface area (Å²) >= 11 is 0. The second-order valence-electron chi connectivity index (χ2n) is 7.36. The highest BCUT2D eigenvalue weighted by atomic mass is 16.6. The molecule has 192 valence electrons. The van der Waals surface area contributed by atoms with E-state index in [1.165, 1.54) is 31.5 Å². The lowest BCUT2D eigenvalue weighted by molar-refractivity contribution is -0.394. The fraction of sp³-hybridized carbons (Fsp3) is 0.0833. The van der Waals surface area contributed by atoms with Crippen LogP contribution in [0.3, 0.4) is 0 Å². The average molecular weight is 518 g/mol. The molecule has 0 aromatic heterocycles. The quantitative estimate of drug-likeness (QED) is 0.184. The summed E-state index contributed by atoms with van der Waals surface area (Å²) in [5.41, 5.74) is 2.56. The molecule has 0 aliphatic carbocycles. The molecule has 3 aromatic carbocycles. The number of hydrogen-bond acceptors (Lipinski definition) is 10. The zero-order chi connectivity index (χ0) is 27.7. The van der Waals surface area contributed by atoms with Gasteiger partial charge in [-0.2, -0.15) is 10.4 Å². The molecule has 0 heterocycles. The summed E-state index contributed by atoms with van der Waals surface area (Å²) in [4.78, 5) is 44.7. The number of nitro groups is 2. The Morgan fingerprint density at radius 2 is 1.68 bits per heavy atom. The summed E-state index contributed by atoms with van der Waals surface area (Å²) in [7, 11) is 1.33. The molecule has 2 amide bonds. The molecule has 0 spiro atoms. The first-order valence-corrected chi connectivity index (χ1v) is 10.6. The van der Waals surface area contributed by atoms with E-state index in [0.717, 1.165) is 23.8 Å². The molecule has 14 heteroatoms. The maximum atomic E-state index is 12.0. The lowest BCUT2D eigenvalue weighted by Crippen LogP contribution is -2.32. The number of ether oxygens (including phenoxy) is 2. The van der Waals surface area contributed by atoms with E-state index in [1.54, 1.807) is 24.3 Å². The molecule has 0 fully saturated rings. The lowest BCUT2D eigenvalue weighted by atomic mass is 10.1. The minimum Gasteiger partial charge on any atom is -0.493 e. The summed E-state index contributed by atoms with van der Waals surface area (Å²) in [5.74, 6) is -2.00. The van der Waals surface area contributed by atoms with E-state index in [-0.39, 0.29) is 23.7 Å². The van der Waals surface area contributed by atoms with Gasteiger partial charge in [0.1, 0.15) is 0 Å². The highest BCUT2D eigenvalue weighted by Gasteiger charge is 2.22. The minimum absolute atomic E-state index is 0.0748. The highest BCUT2D eigenvalue weighted by molar-refractivity contribution is 6.39. The third-order valence-electron chi connectivity index (χ3n) is 4.84. The van der Waals surface area contributed by atoms with Crippen LogP contribution in [0.4, 0.5) is 17.1 Å². The van der Waals surface area contributed by atoms with Gasteiger partial charge in [0, 0.05) is 11.8 Å². The zero-order valence-corrected chi connectivity index (χ0v) is 19.6. The molecule has 0 aliphatic heterocycles. The molecule has 2 N–H and O–H groups in total. The zero-order valence-electron chi connectivity index (χ0n) is 19.6. The monoisotopic (exact) mass is 518 g/mol. The number of hydrazone groups is 1. The summed E-state index contributed by atoms with van der Waals surface area (Å²) in [6.07, 6.45) is 1.45. The van der Waals surface area contributed by atoms with Crippen molar-refractivity contribution >= 4 is 35.1 Å². The molecule has 0 bridgehead atoms. The number of benzene rings is 3. The van der Waals surface area contributed by atoms with Gasteiger partial charge in [0.15, 0.2) is 11.5 Å². The molecule has 38 heavy (non-hydrogen) atoms. The van der Waals surface area contributed by atoms with Crippen LogP contribution in [0, 0.1) is 31.6 Å². The standard InChI is InChI=1S/C24H18N6O8/c1-37-22-12-16(4-8-21(22)38-20-9-7-18(29(33)34)13-19(20)30(35)36)14-26-28-24(32)23(31)27-17-5-2-15(3-6-17)10-11-25/h2-9,12-14H,10H2,1H3,(H,27,31)(H,28,32)/b26-14+. The van der Waals surface area contributed by atoms with Gasteiger partial charge < -0.3 is 14.8 Å². The second kappa shape index (κ2) is 12.2. The van der Waals surface area contributed by atoms with E-state index >= 15 is 0 Å². The van der Waals surface area contributed by atoms with Crippen LogP contribution >= 0.6 is 0 Å². The molecule has 3 aromatic rings. The van der Waals surface area contributed by atoms with Gasteiger partial charge in [-0.3, -0.25) is 29.8 Å². The van der Waals surface area contributed by atoms with Gasteiger partial charge in [-0.15, -0.1) is 0 Å². The van der Waals surface area contributed by atoms with Gasteiger partial charge >= 0.3 is 17.5 Å². The van der Waals surface area contributed by atoms with Gasteiger partial charge in [-0.05, 0) is 47.5 Å². The first-order valence-electron chi connectivity index (χ1n) is 10.6. The van der Waals surface area contributed by atoms with Crippen LogP contribution < -0.4 is 20.2 Å². The number of carbonyl (C=O) groups is 2. The molecule has 3 rings (SSSR count). The smallest absolute Gasteiger partial charge is 0.329 e.